The van der Waals surface area contributed by atoms with E-state index in [9.17, 15) is 14.4 Å². The Balaban J connectivity index is 1.47. The summed E-state index contributed by atoms with van der Waals surface area (Å²) in [5.41, 5.74) is 4.36. The van der Waals surface area contributed by atoms with Gasteiger partial charge < -0.3 is 16.0 Å². The predicted octanol–water partition coefficient (Wildman–Crippen LogP) is 4.48. The van der Waals surface area contributed by atoms with Gasteiger partial charge in [-0.1, -0.05) is 72.8 Å². The fourth-order valence-corrected chi connectivity index (χ4v) is 3.77. The average molecular weight is 478 g/mol. The van der Waals surface area contributed by atoms with E-state index in [-0.39, 0.29) is 17.7 Å². The molecule has 0 unspecified atom stereocenters. The number of benzene rings is 4. The highest BCUT2D eigenvalue weighted by Gasteiger charge is 2.10. The molecule has 0 spiro atoms. The third-order valence-electron chi connectivity index (χ3n) is 5.58. The topological polar surface area (TPSA) is 87.3 Å². The van der Waals surface area contributed by atoms with Crippen molar-refractivity contribution in [1.29, 1.82) is 0 Å². The van der Waals surface area contributed by atoms with Gasteiger partial charge >= 0.3 is 0 Å². The van der Waals surface area contributed by atoms with Crippen LogP contribution >= 0.6 is 0 Å². The summed E-state index contributed by atoms with van der Waals surface area (Å²) < 4.78 is 0. The van der Waals surface area contributed by atoms with E-state index in [0.29, 0.717) is 36.3 Å². The van der Waals surface area contributed by atoms with Crippen LogP contribution in [0.15, 0.2) is 109 Å². The molecule has 0 aliphatic rings. The third kappa shape index (κ3) is 6.90. The van der Waals surface area contributed by atoms with Crippen LogP contribution in [0.2, 0.25) is 0 Å². The van der Waals surface area contributed by atoms with Crippen molar-refractivity contribution in [2.45, 2.75) is 19.6 Å². The quantitative estimate of drug-likeness (QED) is 0.332. The van der Waals surface area contributed by atoms with Crippen LogP contribution in [0, 0.1) is 0 Å². The lowest BCUT2D eigenvalue weighted by Crippen LogP contribution is -2.25. The van der Waals surface area contributed by atoms with Gasteiger partial charge in [-0.15, -0.1) is 0 Å². The maximum absolute atomic E-state index is 12.5. The summed E-state index contributed by atoms with van der Waals surface area (Å²) in [7, 11) is 0. The minimum atomic E-state index is -0.169. The van der Waals surface area contributed by atoms with Crippen LogP contribution in [-0.4, -0.2) is 17.7 Å². The van der Waals surface area contributed by atoms with Crippen LogP contribution in [0.4, 0.5) is 0 Å². The van der Waals surface area contributed by atoms with Crippen molar-refractivity contribution in [3.63, 3.8) is 0 Å². The number of amides is 3. The molecule has 3 amide bonds. The van der Waals surface area contributed by atoms with Gasteiger partial charge in [-0.3, -0.25) is 14.4 Å². The van der Waals surface area contributed by atoms with Crippen LogP contribution in [0.1, 0.15) is 47.8 Å². The molecule has 0 aliphatic carbocycles. The largest absolute Gasteiger partial charge is 0.348 e. The summed E-state index contributed by atoms with van der Waals surface area (Å²) in [5.74, 6) is -0.507. The summed E-state index contributed by atoms with van der Waals surface area (Å²) in [4.78, 5) is 37.5. The molecule has 0 aromatic heterocycles. The van der Waals surface area contributed by atoms with Gasteiger partial charge in [-0.05, 0) is 53.1 Å². The molecule has 4 aromatic rings. The Kier molecular flexibility index (Phi) is 8.22. The molecule has 3 N–H and O–H groups in total. The van der Waals surface area contributed by atoms with E-state index in [1.807, 2.05) is 72.8 Å². The zero-order valence-corrected chi connectivity index (χ0v) is 19.7. The van der Waals surface area contributed by atoms with E-state index in [1.54, 1.807) is 36.4 Å². The second-order valence-electron chi connectivity index (χ2n) is 8.30. The number of nitrogens with one attached hydrogen (secondary N) is 3. The zero-order valence-electron chi connectivity index (χ0n) is 19.7. The lowest BCUT2D eigenvalue weighted by Gasteiger charge is -2.13. The van der Waals surface area contributed by atoms with Crippen LogP contribution in [0.25, 0.3) is 0 Å². The molecule has 6 nitrogen and oxygen atoms in total. The summed E-state index contributed by atoms with van der Waals surface area (Å²) in [6, 6.07) is 32.9. The van der Waals surface area contributed by atoms with E-state index in [0.717, 1.165) is 16.7 Å². The standard InChI is InChI=1S/C30H27N3O3/c34-28(25-10-4-1-5-11-25)31-19-22-16-23(20-32-29(35)26-12-6-2-7-13-26)18-24(17-22)21-33-30(36)27-14-8-3-9-15-27/h1-18H,19-21H2,(H,31,34)(H,32,35)(H,33,36). The minimum absolute atomic E-state index is 0.169. The van der Waals surface area contributed by atoms with Crippen LogP contribution in [0.5, 0.6) is 0 Å². The molecule has 0 saturated heterocycles. The minimum Gasteiger partial charge on any atom is -0.348 e. The molecule has 0 radical (unpaired) electrons. The van der Waals surface area contributed by atoms with Crippen molar-refractivity contribution in [1.82, 2.24) is 16.0 Å². The second-order valence-corrected chi connectivity index (χ2v) is 8.30. The number of hydrogen-bond acceptors (Lipinski definition) is 3. The first-order valence-electron chi connectivity index (χ1n) is 11.7. The van der Waals surface area contributed by atoms with Gasteiger partial charge in [0.05, 0.1) is 0 Å². The summed E-state index contributed by atoms with van der Waals surface area (Å²) in [6.45, 7) is 0.940. The Labute approximate surface area is 210 Å². The first-order valence-corrected chi connectivity index (χ1v) is 11.7. The lowest BCUT2D eigenvalue weighted by molar-refractivity contribution is 0.0943. The molecule has 0 heterocycles. The van der Waals surface area contributed by atoms with E-state index in [1.165, 1.54) is 0 Å². The first-order chi connectivity index (χ1) is 17.6. The van der Waals surface area contributed by atoms with Gasteiger partial charge in [0, 0.05) is 36.3 Å². The maximum Gasteiger partial charge on any atom is 0.251 e. The summed E-state index contributed by atoms with van der Waals surface area (Å²) in [5, 5.41) is 8.81. The number of hydrogen-bond donors (Lipinski definition) is 3. The highest BCUT2D eigenvalue weighted by atomic mass is 16.2. The SMILES string of the molecule is O=C(NCc1cc(CNC(=O)c2ccccc2)cc(CNC(=O)c2ccccc2)c1)c1ccccc1. The molecule has 0 saturated carbocycles. The first kappa shape index (κ1) is 24.4. The van der Waals surface area contributed by atoms with Gasteiger partial charge in [0.25, 0.3) is 17.7 Å². The van der Waals surface area contributed by atoms with Crippen molar-refractivity contribution in [2.24, 2.45) is 0 Å². The highest BCUT2D eigenvalue weighted by molar-refractivity contribution is 5.95. The van der Waals surface area contributed by atoms with Crippen LogP contribution < -0.4 is 16.0 Å². The van der Waals surface area contributed by atoms with E-state index < -0.39 is 0 Å². The zero-order chi connectivity index (χ0) is 25.2. The van der Waals surface area contributed by atoms with E-state index in [2.05, 4.69) is 16.0 Å². The Hall–Kier alpha value is -4.71. The molecule has 0 atom stereocenters. The number of carbonyl (C=O) groups excluding carboxylic acids is 3. The molecule has 6 heteroatoms. The van der Waals surface area contributed by atoms with E-state index >= 15 is 0 Å². The second kappa shape index (κ2) is 12.1. The molecule has 0 bridgehead atoms. The fourth-order valence-electron chi connectivity index (χ4n) is 3.77. The molecule has 0 aliphatic heterocycles. The van der Waals surface area contributed by atoms with Gasteiger partial charge in [-0.2, -0.15) is 0 Å². The van der Waals surface area contributed by atoms with Crippen molar-refractivity contribution in [3.05, 3.63) is 143 Å². The summed E-state index contributed by atoms with van der Waals surface area (Å²) in [6.07, 6.45) is 0. The Morgan fingerprint density at radius 3 is 0.917 bits per heavy atom. The number of rotatable bonds is 9. The molecule has 180 valence electrons. The smallest absolute Gasteiger partial charge is 0.251 e. The molecule has 36 heavy (non-hydrogen) atoms. The molecule has 0 fully saturated rings. The Morgan fingerprint density at radius 2 is 0.667 bits per heavy atom. The Morgan fingerprint density at radius 1 is 0.417 bits per heavy atom. The lowest BCUT2D eigenvalue weighted by atomic mass is 10.0. The van der Waals surface area contributed by atoms with Crippen molar-refractivity contribution in [2.75, 3.05) is 0 Å². The van der Waals surface area contributed by atoms with Gasteiger partial charge in [0.15, 0.2) is 0 Å². The van der Waals surface area contributed by atoms with Gasteiger partial charge in [0.2, 0.25) is 0 Å². The normalized spacial score (nSPS) is 10.3. The van der Waals surface area contributed by atoms with Crippen molar-refractivity contribution < 1.29 is 14.4 Å². The maximum atomic E-state index is 12.5. The highest BCUT2D eigenvalue weighted by Crippen LogP contribution is 2.13. The molecular weight excluding hydrogens is 450 g/mol. The Bertz CT molecular complexity index is 1150. The monoisotopic (exact) mass is 477 g/mol. The van der Waals surface area contributed by atoms with Gasteiger partial charge in [0.1, 0.15) is 0 Å². The predicted molar refractivity (Wildman–Crippen MR) is 139 cm³/mol. The van der Waals surface area contributed by atoms with Crippen molar-refractivity contribution in [3.8, 4) is 0 Å². The third-order valence-corrected chi connectivity index (χ3v) is 5.58. The van der Waals surface area contributed by atoms with Crippen LogP contribution in [0.3, 0.4) is 0 Å². The molecule has 4 aromatic carbocycles. The van der Waals surface area contributed by atoms with E-state index in [4.69, 9.17) is 0 Å². The fraction of sp³-hybridized carbons (Fsp3) is 0.100. The molecular formula is C30H27N3O3. The summed E-state index contributed by atoms with van der Waals surface area (Å²) >= 11 is 0. The average Bonchev–Trinajstić information content (AvgIpc) is 2.94. The van der Waals surface area contributed by atoms with Crippen LogP contribution in [-0.2, 0) is 19.6 Å². The van der Waals surface area contributed by atoms with Crippen molar-refractivity contribution >= 4 is 17.7 Å². The number of carbonyl (C=O) groups is 3. The van der Waals surface area contributed by atoms with Gasteiger partial charge in [-0.25, -0.2) is 0 Å². The molecule has 4 rings (SSSR count).